The van der Waals surface area contributed by atoms with E-state index >= 15 is 0 Å². The van der Waals surface area contributed by atoms with Crippen LogP contribution in [0.15, 0.2) is 77.7 Å². The summed E-state index contributed by atoms with van der Waals surface area (Å²) in [6.45, 7) is -1.42. The molecule has 3 aromatic carbocycles. The molecule has 1 fully saturated rings. The molecule has 4 rings (SSSR count). The lowest BCUT2D eigenvalue weighted by Crippen LogP contribution is -2.34. The highest BCUT2D eigenvalue weighted by molar-refractivity contribution is 7.91. The number of hydrogen-bond donors (Lipinski definition) is 1. The molecule has 0 aliphatic carbocycles. The Bertz CT molecular complexity index is 1570. The minimum absolute atomic E-state index is 0.0609. The van der Waals surface area contributed by atoms with Gasteiger partial charge in [-0.15, -0.1) is 0 Å². The van der Waals surface area contributed by atoms with Gasteiger partial charge in [0, 0.05) is 23.7 Å². The largest absolute Gasteiger partial charge is 0.416 e. The van der Waals surface area contributed by atoms with Crippen molar-refractivity contribution >= 4 is 21.4 Å². The van der Waals surface area contributed by atoms with Crippen molar-refractivity contribution in [2.45, 2.75) is 55.5 Å². The fourth-order valence-electron chi connectivity index (χ4n) is 5.22. The Kier molecular flexibility index (Phi) is 10.3. The maximum Gasteiger partial charge on any atom is 0.416 e. The van der Waals surface area contributed by atoms with Crippen LogP contribution in [0.5, 0.6) is 0 Å². The Balaban J connectivity index is 1.49. The van der Waals surface area contributed by atoms with Crippen LogP contribution in [0.3, 0.4) is 0 Å². The van der Waals surface area contributed by atoms with E-state index < -0.39 is 46.2 Å². The second-order valence-corrected chi connectivity index (χ2v) is 12.6. The van der Waals surface area contributed by atoms with Crippen LogP contribution >= 0.6 is 0 Å². The fourth-order valence-corrected chi connectivity index (χ4v) is 6.11. The normalized spacial score (nSPS) is 17.8. The fraction of sp³-hybridized carbons (Fsp3) is 0.355. The molecule has 0 spiro atoms. The second kappa shape index (κ2) is 13.7. The van der Waals surface area contributed by atoms with Crippen molar-refractivity contribution in [1.82, 2.24) is 5.32 Å². The zero-order valence-electron chi connectivity index (χ0n) is 23.6. The molecule has 0 bridgehead atoms. The monoisotopic (exact) mass is 635 g/mol. The molecule has 0 unspecified atom stereocenters. The van der Waals surface area contributed by atoms with Crippen LogP contribution in [0, 0.1) is 11.3 Å². The van der Waals surface area contributed by atoms with Crippen molar-refractivity contribution in [2.24, 2.45) is 0 Å². The molecule has 1 aliphatic rings. The average molecular weight is 636 g/mol. The Labute approximate surface area is 252 Å². The van der Waals surface area contributed by atoms with Crippen LogP contribution in [0.1, 0.15) is 58.8 Å². The molecule has 1 saturated heterocycles. The zero-order valence-corrected chi connectivity index (χ0v) is 24.4. The summed E-state index contributed by atoms with van der Waals surface area (Å²) in [4.78, 5) is 15.0. The minimum atomic E-state index is -4.47. The highest BCUT2D eigenvalue weighted by atomic mass is 32.2. The lowest BCUT2D eigenvalue weighted by Gasteiger charge is -2.27. The lowest BCUT2D eigenvalue weighted by molar-refractivity contribution is -0.137. The summed E-state index contributed by atoms with van der Waals surface area (Å²) in [5.74, 6) is -0.783. The van der Waals surface area contributed by atoms with E-state index in [4.69, 9.17) is 0 Å². The first kappa shape index (κ1) is 32.9. The van der Waals surface area contributed by atoms with Crippen LogP contribution in [0.25, 0.3) is 0 Å². The highest BCUT2D eigenvalue weighted by Gasteiger charge is 2.35. The van der Waals surface area contributed by atoms with Gasteiger partial charge < -0.3 is 15.0 Å². The first-order valence-corrected chi connectivity index (χ1v) is 15.4. The Morgan fingerprint density at radius 3 is 2.23 bits per heavy atom. The van der Waals surface area contributed by atoms with Gasteiger partial charge in [-0.3, -0.25) is 4.79 Å². The molecule has 1 heterocycles. The Hall–Kier alpha value is -4.02. The molecule has 7 nitrogen and oxygen atoms in total. The third kappa shape index (κ3) is 7.92. The third-order valence-electron chi connectivity index (χ3n) is 7.62. The minimum Gasteiger partial charge on any atom is -0.366 e. The highest BCUT2D eigenvalue weighted by Crippen LogP contribution is 2.37. The molecule has 44 heavy (non-hydrogen) atoms. The molecule has 1 aliphatic heterocycles. The van der Waals surface area contributed by atoms with Gasteiger partial charge in [0.1, 0.15) is 0 Å². The molecule has 1 N–H and O–H groups in total. The third-order valence-corrected chi connectivity index (χ3v) is 9.37. The number of nitrogens with one attached hydrogen (secondary N) is 1. The topological polar surface area (TPSA) is 99.5 Å². The van der Waals surface area contributed by atoms with Gasteiger partial charge in [-0.05, 0) is 66.1 Å². The molecule has 0 radical (unpaired) electrons. The van der Waals surface area contributed by atoms with Crippen molar-refractivity contribution in [3.8, 4) is 6.07 Å². The van der Waals surface area contributed by atoms with Crippen molar-refractivity contribution in [2.75, 3.05) is 23.8 Å². The van der Waals surface area contributed by atoms with Crippen LogP contribution in [-0.4, -0.2) is 45.9 Å². The van der Waals surface area contributed by atoms with Crippen LogP contribution in [0.2, 0.25) is 0 Å². The van der Waals surface area contributed by atoms with Gasteiger partial charge in [-0.2, -0.15) is 27.2 Å². The number of benzene rings is 3. The van der Waals surface area contributed by atoms with Gasteiger partial charge in [-0.25, -0.2) is 8.42 Å². The summed E-state index contributed by atoms with van der Waals surface area (Å²) < 4.78 is 93.6. The number of nitrogens with zero attached hydrogens (tertiary/aromatic N) is 2. The number of rotatable bonds is 11. The Morgan fingerprint density at radius 2 is 1.68 bits per heavy atom. The predicted octanol–water partition coefficient (Wildman–Crippen LogP) is 6.49. The summed E-state index contributed by atoms with van der Waals surface area (Å²) in [7, 11) is -3.41. The van der Waals surface area contributed by atoms with Crippen molar-refractivity contribution in [3.05, 3.63) is 95.1 Å². The van der Waals surface area contributed by atoms with Crippen LogP contribution in [-0.2, 0) is 20.8 Å². The molecular formula is C31H30F5N3O4S. The quantitative estimate of drug-likeness (QED) is 0.242. The molecule has 1 amide bonds. The van der Waals surface area contributed by atoms with E-state index in [1.165, 1.54) is 31.2 Å². The molecule has 3 aromatic rings. The number of nitriles is 1. The molecular weight excluding hydrogens is 605 g/mol. The predicted molar refractivity (Wildman–Crippen MR) is 153 cm³/mol. The van der Waals surface area contributed by atoms with Gasteiger partial charge in [0.15, 0.2) is 9.84 Å². The maximum atomic E-state index is 13.1. The number of anilines is 1. The number of amides is 1. The average Bonchev–Trinajstić information content (AvgIpc) is 3.44. The van der Waals surface area contributed by atoms with Crippen molar-refractivity contribution in [1.29, 1.82) is 5.26 Å². The van der Waals surface area contributed by atoms with Gasteiger partial charge in [-0.1, -0.05) is 31.2 Å². The number of carbonyl (C=O) groups excluding carboxylic acids is 1. The van der Waals surface area contributed by atoms with Crippen molar-refractivity contribution in [3.63, 3.8) is 0 Å². The first-order chi connectivity index (χ1) is 20.8. The Morgan fingerprint density at radius 1 is 1.05 bits per heavy atom. The van der Waals surface area contributed by atoms with Gasteiger partial charge >= 0.3 is 12.8 Å². The van der Waals surface area contributed by atoms with E-state index in [2.05, 4.69) is 10.1 Å². The summed E-state index contributed by atoms with van der Waals surface area (Å²) in [6.07, 6.45) is -4.16. The van der Waals surface area contributed by atoms with Crippen LogP contribution < -0.4 is 10.2 Å². The van der Waals surface area contributed by atoms with Gasteiger partial charge in [0.05, 0.1) is 47.4 Å². The number of halogens is 5. The maximum absolute atomic E-state index is 13.1. The summed E-state index contributed by atoms with van der Waals surface area (Å²) >= 11 is 0. The number of alkyl halides is 5. The van der Waals surface area contributed by atoms with E-state index in [-0.39, 0.29) is 35.2 Å². The van der Waals surface area contributed by atoms with E-state index in [9.17, 15) is 40.4 Å². The summed E-state index contributed by atoms with van der Waals surface area (Å²) in [6, 6.07) is 17.9. The van der Waals surface area contributed by atoms with Crippen molar-refractivity contribution < 1.29 is 39.9 Å². The smallest absolute Gasteiger partial charge is 0.366 e. The number of hydrogen-bond acceptors (Lipinski definition) is 6. The first-order valence-electron chi connectivity index (χ1n) is 13.8. The van der Waals surface area contributed by atoms with E-state index in [0.29, 0.717) is 29.8 Å². The SMILES string of the molecule is CCS(=O)(=O)c1ccc([C@H](CC#N)NC(=O)c2ccc(N3C[C@H](c4ccc(C(F)(F)F)cc4)C[C@H]3COC(F)F)cc2)cc1. The standard InChI is InChI=1S/C31H30F5N3O4S/c1-2-44(41,42)27-13-7-21(8-14-27)28(15-16-37)38-29(40)22-5-11-25(12-6-22)39-18-23(17-26(39)19-43-30(32)33)20-3-9-24(10-4-20)31(34,35)36/h3-14,23,26,28,30H,2,15,17-19H2,1H3,(H,38,40)/t23-,26+,28+/m1/s1. The summed E-state index contributed by atoms with van der Waals surface area (Å²) in [5, 5.41) is 12.1. The van der Waals surface area contributed by atoms with Crippen LogP contribution in [0.4, 0.5) is 27.6 Å². The van der Waals surface area contributed by atoms with Gasteiger partial charge in [0.2, 0.25) is 0 Å². The molecule has 13 heteroatoms. The number of ether oxygens (including phenoxy) is 1. The molecule has 234 valence electrons. The zero-order chi connectivity index (χ0) is 32.1. The number of carbonyl (C=O) groups is 1. The van der Waals surface area contributed by atoms with E-state index in [1.807, 2.05) is 11.0 Å². The van der Waals surface area contributed by atoms with E-state index in [1.54, 1.807) is 36.4 Å². The summed E-state index contributed by atoms with van der Waals surface area (Å²) in [5.41, 5.74) is 1.30. The molecule has 0 aromatic heterocycles. The second-order valence-electron chi connectivity index (χ2n) is 10.4. The molecule has 3 atom stereocenters. The molecule has 0 saturated carbocycles. The van der Waals surface area contributed by atoms with E-state index in [0.717, 1.165) is 12.1 Å². The lowest BCUT2D eigenvalue weighted by atomic mass is 9.95. The van der Waals surface area contributed by atoms with Gasteiger partial charge in [0.25, 0.3) is 5.91 Å². The number of sulfone groups is 1.